The van der Waals surface area contributed by atoms with Crippen molar-refractivity contribution in [1.82, 2.24) is 5.32 Å². The van der Waals surface area contributed by atoms with Gasteiger partial charge in [0, 0.05) is 4.88 Å². The lowest BCUT2D eigenvalue weighted by Gasteiger charge is -2.12. The van der Waals surface area contributed by atoms with Gasteiger partial charge < -0.3 is 20.5 Å². The third kappa shape index (κ3) is 4.65. The largest absolute Gasteiger partial charge is 0.491 e. The van der Waals surface area contributed by atoms with Crippen molar-refractivity contribution in [2.45, 2.75) is 18.9 Å². The number of nitrogen functional groups attached to an aromatic ring is 1. The van der Waals surface area contributed by atoms with Gasteiger partial charge in [-0.2, -0.15) is 0 Å². The van der Waals surface area contributed by atoms with E-state index in [9.17, 15) is 9.59 Å². The van der Waals surface area contributed by atoms with Crippen LogP contribution in [0.3, 0.4) is 0 Å². The second kappa shape index (κ2) is 8.22. The topological polar surface area (TPSA) is 114 Å². The van der Waals surface area contributed by atoms with Gasteiger partial charge in [-0.15, -0.1) is 11.3 Å². The number of hydrogen-bond donors (Lipinski definition) is 3. The number of amides is 1. The fourth-order valence-electron chi connectivity index (χ4n) is 2.95. The maximum atomic E-state index is 11.9. The van der Waals surface area contributed by atoms with Crippen molar-refractivity contribution in [3.05, 3.63) is 41.3 Å². The molecule has 1 saturated heterocycles. The zero-order valence-corrected chi connectivity index (χ0v) is 15.7. The lowest BCUT2D eigenvalue weighted by molar-refractivity contribution is -0.143. The fourth-order valence-corrected chi connectivity index (χ4v) is 3.82. The Morgan fingerprint density at radius 1 is 1.30 bits per heavy atom. The molecule has 0 bridgehead atoms. The van der Waals surface area contributed by atoms with E-state index in [1.54, 1.807) is 0 Å². The summed E-state index contributed by atoms with van der Waals surface area (Å²) in [5.41, 5.74) is 6.52. The van der Waals surface area contributed by atoms with Crippen LogP contribution in [0, 0.1) is 11.3 Å². The highest BCUT2D eigenvalue weighted by Crippen LogP contribution is 2.29. The zero-order chi connectivity index (χ0) is 19.4. The van der Waals surface area contributed by atoms with E-state index < -0.39 is 0 Å². The third-order valence-corrected chi connectivity index (χ3v) is 5.56. The lowest BCUT2D eigenvalue weighted by atomic mass is 10.0. The van der Waals surface area contributed by atoms with Crippen molar-refractivity contribution in [3.8, 4) is 16.2 Å². The van der Waals surface area contributed by atoms with Crippen molar-refractivity contribution in [2.24, 2.45) is 11.7 Å². The molecular formula is C19H21N3O4S. The van der Waals surface area contributed by atoms with E-state index in [4.69, 9.17) is 15.9 Å². The first-order chi connectivity index (χ1) is 13.0. The zero-order valence-electron chi connectivity index (χ0n) is 14.9. The molecule has 0 aliphatic carbocycles. The first-order valence-electron chi connectivity index (χ1n) is 8.51. The van der Waals surface area contributed by atoms with Crippen LogP contribution in [-0.2, 0) is 14.3 Å². The van der Waals surface area contributed by atoms with Crippen molar-refractivity contribution < 1.29 is 19.1 Å². The second-order valence-electron chi connectivity index (χ2n) is 6.33. The Morgan fingerprint density at radius 3 is 2.67 bits per heavy atom. The molecule has 0 unspecified atom stereocenters. The standard InChI is InChI=1S/C19H21N3O4S/c1-25-17(23)9-12-8-13(22-19(12)24)10-26-14-4-2-11(3-5-14)15-6-7-16(27-15)18(20)21/h2-7,12-13H,8-10H2,1H3,(H3,20,21)(H,22,24)/t12-,13-/m0/s1. The van der Waals surface area contributed by atoms with Gasteiger partial charge in [0.2, 0.25) is 5.91 Å². The summed E-state index contributed by atoms with van der Waals surface area (Å²) in [6, 6.07) is 11.3. The molecule has 142 valence electrons. The van der Waals surface area contributed by atoms with Crippen molar-refractivity contribution in [3.63, 3.8) is 0 Å². The normalized spacial score (nSPS) is 18.8. The van der Waals surface area contributed by atoms with E-state index in [0.29, 0.717) is 18.8 Å². The predicted molar refractivity (Wildman–Crippen MR) is 103 cm³/mol. The van der Waals surface area contributed by atoms with Gasteiger partial charge in [-0.25, -0.2) is 0 Å². The number of carbonyl (C=O) groups is 2. The minimum atomic E-state index is -0.381. The van der Waals surface area contributed by atoms with Gasteiger partial charge in [0.05, 0.1) is 30.4 Å². The molecule has 0 saturated carbocycles. The number of esters is 1. The number of nitrogens with one attached hydrogen (secondary N) is 2. The molecule has 1 aliphatic heterocycles. The highest BCUT2D eigenvalue weighted by Gasteiger charge is 2.34. The summed E-state index contributed by atoms with van der Waals surface area (Å²) in [6.07, 6.45) is 0.644. The number of hydrogen-bond acceptors (Lipinski definition) is 6. The minimum Gasteiger partial charge on any atom is -0.491 e. The van der Waals surface area contributed by atoms with Gasteiger partial charge in [0.15, 0.2) is 0 Å². The number of thiophene rings is 1. The third-order valence-electron chi connectivity index (χ3n) is 4.39. The van der Waals surface area contributed by atoms with Crippen LogP contribution in [-0.4, -0.2) is 37.5 Å². The van der Waals surface area contributed by atoms with Crippen LogP contribution < -0.4 is 15.8 Å². The summed E-state index contributed by atoms with van der Waals surface area (Å²) in [5, 5.41) is 10.3. The maximum absolute atomic E-state index is 11.9. The molecule has 8 heteroatoms. The van der Waals surface area contributed by atoms with E-state index in [0.717, 1.165) is 15.3 Å². The van der Waals surface area contributed by atoms with Gasteiger partial charge >= 0.3 is 5.97 Å². The second-order valence-corrected chi connectivity index (χ2v) is 7.42. The summed E-state index contributed by atoms with van der Waals surface area (Å²) in [6.45, 7) is 0.343. The van der Waals surface area contributed by atoms with Gasteiger partial charge in [-0.1, -0.05) is 0 Å². The van der Waals surface area contributed by atoms with Crippen LogP contribution in [0.4, 0.5) is 0 Å². The summed E-state index contributed by atoms with van der Waals surface area (Å²) >= 11 is 1.47. The molecule has 0 radical (unpaired) electrons. The van der Waals surface area contributed by atoms with E-state index in [2.05, 4.69) is 10.1 Å². The van der Waals surface area contributed by atoms with Crippen LogP contribution in [0.5, 0.6) is 5.75 Å². The van der Waals surface area contributed by atoms with Crippen LogP contribution in [0.1, 0.15) is 17.7 Å². The molecule has 27 heavy (non-hydrogen) atoms. The molecule has 0 spiro atoms. The predicted octanol–water partition coefficient (Wildman–Crippen LogP) is 2.15. The first-order valence-corrected chi connectivity index (χ1v) is 9.32. The minimum absolute atomic E-state index is 0.0651. The van der Waals surface area contributed by atoms with Crippen LogP contribution >= 0.6 is 11.3 Å². The van der Waals surface area contributed by atoms with Gasteiger partial charge in [0.25, 0.3) is 0 Å². The van der Waals surface area contributed by atoms with Crippen LogP contribution in [0.2, 0.25) is 0 Å². The molecule has 3 rings (SSSR count). The highest BCUT2D eigenvalue weighted by molar-refractivity contribution is 7.17. The highest BCUT2D eigenvalue weighted by atomic mass is 32.1. The Kier molecular flexibility index (Phi) is 5.75. The van der Waals surface area contributed by atoms with Crippen molar-refractivity contribution >= 4 is 29.0 Å². The number of nitrogens with two attached hydrogens (primary N) is 1. The Balaban J connectivity index is 1.54. The maximum Gasteiger partial charge on any atom is 0.306 e. The van der Waals surface area contributed by atoms with E-state index in [-0.39, 0.29) is 36.1 Å². The quantitative estimate of drug-likeness (QED) is 0.383. The summed E-state index contributed by atoms with van der Waals surface area (Å²) in [7, 11) is 1.32. The van der Waals surface area contributed by atoms with E-state index in [1.165, 1.54) is 18.4 Å². The molecule has 1 amide bonds. The van der Waals surface area contributed by atoms with E-state index in [1.807, 2.05) is 36.4 Å². The summed E-state index contributed by atoms with van der Waals surface area (Å²) in [5.74, 6) is -0.108. The number of rotatable bonds is 7. The summed E-state index contributed by atoms with van der Waals surface area (Å²) in [4.78, 5) is 25.0. The van der Waals surface area contributed by atoms with Gasteiger partial charge in [-0.3, -0.25) is 15.0 Å². The number of benzene rings is 1. The molecule has 1 aromatic heterocycles. The average Bonchev–Trinajstić information content (AvgIpc) is 3.28. The molecule has 1 fully saturated rings. The van der Waals surface area contributed by atoms with Gasteiger partial charge in [0.1, 0.15) is 18.2 Å². The van der Waals surface area contributed by atoms with Gasteiger partial charge in [-0.05, 0) is 48.4 Å². The number of ether oxygens (including phenoxy) is 2. The molecule has 2 atom stereocenters. The number of amidine groups is 1. The smallest absolute Gasteiger partial charge is 0.306 e. The average molecular weight is 387 g/mol. The fraction of sp³-hybridized carbons (Fsp3) is 0.316. The van der Waals surface area contributed by atoms with Crippen molar-refractivity contribution in [2.75, 3.05) is 13.7 Å². The Labute approximate surface area is 161 Å². The number of carbonyl (C=O) groups excluding carboxylic acids is 2. The molecule has 2 aromatic rings. The SMILES string of the molecule is COC(=O)C[C@@H]1C[C@@H](COc2ccc(-c3ccc(C(=N)N)s3)cc2)NC1=O. The molecule has 1 aliphatic rings. The van der Waals surface area contributed by atoms with Crippen molar-refractivity contribution in [1.29, 1.82) is 5.41 Å². The van der Waals surface area contributed by atoms with E-state index >= 15 is 0 Å². The number of methoxy groups -OCH3 is 1. The van der Waals surface area contributed by atoms with Crippen LogP contribution in [0.25, 0.3) is 10.4 Å². The lowest BCUT2D eigenvalue weighted by Crippen LogP contribution is -2.31. The first kappa shape index (κ1) is 18.9. The molecule has 4 N–H and O–H groups in total. The molecule has 7 nitrogen and oxygen atoms in total. The molecular weight excluding hydrogens is 366 g/mol. The molecule has 1 aromatic carbocycles. The van der Waals surface area contributed by atoms with Crippen LogP contribution in [0.15, 0.2) is 36.4 Å². The Hall–Kier alpha value is -2.87. The Morgan fingerprint density at radius 2 is 2.04 bits per heavy atom. The molecule has 2 heterocycles. The monoisotopic (exact) mass is 387 g/mol. The Bertz CT molecular complexity index is 847. The summed E-state index contributed by atoms with van der Waals surface area (Å²) < 4.78 is 10.4.